The van der Waals surface area contributed by atoms with Gasteiger partial charge in [0.2, 0.25) is 17.3 Å². The van der Waals surface area contributed by atoms with Crippen molar-refractivity contribution in [3.05, 3.63) is 61.7 Å². The number of hydrogen-bond donors (Lipinski definition) is 1. The van der Waals surface area contributed by atoms with Crippen LogP contribution in [0.2, 0.25) is 0 Å². The number of nitrogens with zero attached hydrogens (tertiary/aromatic N) is 2. The smallest absolute Gasteiger partial charge is 0.387 e. The Hall–Kier alpha value is -3.62. The number of benzene rings is 2. The number of carbonyl (C=O) groups is 2. The second-order valence-corrected chi connectivity index (χ2v) is 4.73. The fraction of sp³-hybridized carbons (Fsp3) is 0. The van der Waals surface area contributed by atoms with E-state index in [1.165, 1.54) is 24.3 Å². The highest BCUT2D eigenvalue weighted by atomic mass is 16.6. The molecule has 0 spiro atoms. The normalized spacial score (nSPS) is 12.5. The van der Waals surface area contributed by atoms with E-state index in [1.54, 1.807) is 0 Å². The first-order valence-electron chi connectivity index (χ1n) is 6.21. The number of phenolic OH excluding ortho intramolecular Hbond substituents is 1. The molecular formula is C14H6N2O7. The van der Waals surface area contributed by atoms with Crippen molar-refractivity contribution in [1.29, 1.82) is 0 Å². The number of phenols is 1. The van der Waals surface area contributed by atoms with E-state index in [0.717, 1.165) is 6.07 Å². The minimum Gasteiger partial charge on any atom is -0.502 e. The average molecular weight is 314 g/mol. The van der Waals surface area contributed by atoms with Crippen molar-refractivity contribution in [3.63, 3.8) is 0 Å². The van der Waals surface area contributed by atoms with Crippen LogP contribution in [0.25, 0.3) is 11.1 Å². The van der Waals surface area contributed by atoms with Gasteiger partial charge in [0.05, 0.1) is 15.4 Å². The summed E-state index contributed by atoms with van der Waals surface area (Å²) >= 11 is 0. The highest BCUT2D eigenvalue weighted by Gasteiger charge is 2.42. The maximum absolute atomic E-state index is 12.1. The van der Waals surface area contributed by atoms with Gasteiger partial charge in [0, 0.05) is 16.7 Å². The van der Waals surface area contributed by atoms with Crippen LogP contribution in [0.4, 0.5) is 11.4 Å². The summed E-state index contributed by atoms with van der Waals surface area (Å²) in [5.74, 6) is -3.00. The van der Waals surface area contributed by atoms with Crippen molar-refractivity contribution in [2.45, 2.75) is 0 Å². The zero-order valence-electron chi connectivity index (χ0n) is 11.2. The number of fused-ring (bicyclic) bond motifs is 3. The Morgan fingerprint density at radius 1 is 0.826 bits per heavy atom. The molecule has 9 heteroatoms. The molecule has 0 saturated heterocycles. The third kappa shape index (κ3) is 1.87. The van der Waals surface area contributed by atoms with Crippen molar-refractivity contribution in [1.82, 2.24) is 0 Å². The summed E-state index contributed by atoms with van der Waals surface area (Å²) in [6.07, 6.45) is 0. The molecule has 23 heavy (non-hydrogen) atoms. The van der Waals surface area contributed by atoms with Crippen LogP contribution in [-0.4, -0.2) is 26.5 Å². The summed E-state index contributed by atoms with van der Waals surface area (Å²) in [4.78, 5) is 44.5. The Bertz CT molecular complexity index is 933. The lowest BCUT2D eigenvalue weighted by Gasteiger charge is -2.17. The van der Waals surface area contributed by atoms with Crippen molar-refractivity contribution >= 4 is 22.9 Å². The maximum atomic E-state index is 12.1. The van der Waals surface area contributed by atoms with Crippen molar-refractivity contribution in [2.24, 2.45) is 0 Å². The SMILES string of the molecule is O=C1C(=O)c2cc(O)c([N+](=O)[O-])c([N+](=O)[O-])c2-c2ccccc21. The zero-order chi connectivity index (χ0) is 16.9. The molecule has 1 aliphatic carbocycles. The molecule has 2 aromatic carbocycles. The Morgan fingerprint density at radius 2 is 1.35 bits per heavy atom. The second kappa shape index (κ2) is 4.70. The molecular weight excluding hydrogens is 308 g/mol. The first kappa shape index (κ1) is 14.3. The molecule has 0 aromatic heterocycles. The number of ketones is 2. The Balaban J connectivity index is 2.55. The fourth-order valence-corrected chi connectivity index (χ4v) is 2.60. The topological polar surface area (TPSA) is 141 Å². The molecule has 1 N–H and O–H groups in total. The van der Waals surface area contributed by atoms with Crippen molar-refractivity contribution in [2.75, 3.05) is 0 Å². The number of nitro benzene ring substituents is 2. The first-order valence-corrected chi connectivity index (χ1v) is 6.21. The van der Waals surface area contributed by atoms with Crippen LogP contribution in [0.15, 0.2) is 30.3 Å². The largest absolute Gasteiger partial charge is 0.502 e. The summed E-state index contributed by atoms with van der Waals surface area (Å²) in [7, 11) is 0. The molecule has 114 valence electrons. The third-order valence-corrected chi connectivity index (χ3v) is 3.51. The summed E-state index contributed by atoms with van der Waals surface area (Å²) < 4.78 is 0. The van der Waals surface area contributed by atoms with Crippen LogP contribution in [0.1, 0.15) is 20.7 Å². The van der Waals surface area contributed by atoms with Gasteiger partial charge in [0.25, 0.3) is 0 Å². The van der Waals surface area contributed by atoms with Gasteiger partial charge in [0.15, 0.2) is 0 Å². The van der Waals surface area contributed by atoms with E-state index >= 15 is 0 Å². The summed E-state index contributed by atoms with van der Waals surface area (Å²) in [6, 6.07) is 6.33. The van der Waals surface area contributed by atoms with Crippen LogP contribution < -0.4 is 0 Å². The standard InChI is InChI=1S/C14H6N2O7/c17-9-5-8-10(12(16(22)23)11(9)15(20)21)6-3-1-2-4-7(6)13(18)14(8)19/h1-5,17H. The molecule has 2 aromatic rings. The zero-order valence-corrected chi connectivity index (χ0v) is 11.2. The molecule has 0 saturated carbocycles. The Kier molecular flexibility index (Phi) is 2.93. The van der Waals surface area contributed by atoms with E-state index in [4.69, 9.17) is 0 Å². The van der Waals surface area contributed by atoms with Crippen LogP contribution in [0, 0.1) is 20.2 Å². The molecule has 0 heterocycles. The van der Waals surface area contributed by atoms with E-state index in [1.807, 2.05) is 0 Å². The number of nitro groups is 2. The summed E-state index contributed by atoms with van der Waals surface area (Å²) in [6.45, 7) is 0. The van der Waals surface area contributed by atoms with Crippen LogP contribution in [0.3, 0.4) is 0 Å². The van der Waals surface area contributed by atoms with E-state index in [2.05, 4.69) is 0 Å². The lowest BCUT2D eigenvalue weighted by molar-refractivity contribution is -0.422. The number of Topliss-reactive ketones (excluding diaryl/α,β-unsaturated/α-hetero) is 2. The molecule has 9 nitrogen and oxygen atoms in total. The highest BCUT2D eigenvalue weighted by Crippen LogP contribution is 2.48. The van der Waals surface area contributed by atoms with Gasteiger partial charge in [-0.05, 0) is 6.07 Å². The molecule has 0 fully saturated rings. The predicted octanol–water partition coefficient (Wildman–Crippen LogP) is 2.25. The minimum atomic E-state index is -1.12. The second-order valence-electron chi connectivity index (χ2n) is 4.73. The first-order chi connectivity index (χ1) is 10.8. The van der Waals surface area contributed by atoms with Gasteiger partial charge in [0.1, 0.15) is 0 Å². The molecule has 1 aliphatic rings. The van der Waals surface area contributed by atoms with E-state index in [-0.39, 0.29) is 16.7 Å². The van der Waals surface area contributed by atoms with Crippen LogP contribution in [0.5, 0.6) is 5.75 Å². The van der Waals surface area contributed by atoms with Crippen molar-refractivity contribution < 1.29 is 24.5 Å². The Morgan fingerprint density at radius 3 is 1.91 bits per heavy atom. The lowest BCUT2D eigenvalue weighted by Crippen LogP contribution is -2.22. The van der Waals surface area contributed by atoms with Crippen LogP contribution in [-0.2, 0) is 0 Å². The van der Waals surface area contributed by atoms with Gasteiger partial charge < -0.3 is 5.11 Å². The van der Waals surface area contributed by atoms with Gasteiger partial charge in [-0.2, -0.15) is 0 Å². The molecule has 0 unspecified atom stereocenters. The quantitative estimate of drug-likeness (QED) is 0.509. The molecule has 0 atom stereocenters. The monoisotopic (exact) mass is 314 g/mol. The Labute approximate surface area is 127 Å². The molecule has 3 rings (SSSR count). The van der Waals surface area contributed by atoms with Gasteiger partial charge >= 0.3 is 11.4 Å². The predicted molar refractivity (Wildman–Crippen MR) is 75.5 cm³/mol. The molecule has 0 aliphatic heterocycles. The molecule has 0 bridgehead atoms. The van der Waals surface area contributed by atoms with Crippen LogP contribution >= 0.6 is 0 Å². The van der Waals surface area contributed by atoms with E-state index in [0.29, 0.717) is 0 Å². The fourth-order valence-electron chi connectivity index (χ4n) is 2.60. The molecule has 0 amide bonds. The minimum absolute atomic E-state index is 0.0434. The summed E-state index contributed by atoms with van der Waals surface area (Å²) in [5.41, 5.74) is -2.93. The summed E-state index contributed by atoms with van der Waals surface area (Å²) in [5, 5.41) is 32.1. The van der Waals surface area contributed by atoms with Gasteiger partial charge in [-0.15, -0.1) is 0 Å². The number of aromatic hydroxyl groups is 1. The number of hydrogen-bond acceptors (Lipinski definition) is 7. The third-order valence-electron chi connectivity index (χ3n) is 3.51. The maximum Gasteiger partial charge on any atom is 0.387 e. The molecule has 0 radical (unpaired) electrons. The van der Waals surface area contributed by atoms with E-state index in [9.17, 15) is 34.9 Å². The lowest BCUT2D eigenvalue weighted by atomic mass is 9.82. The van der Waals surface area contributed by atoms with Gasteiger partial charge in [-0.1, -0.05) is 24.3 Å². The van der Waals surface area contributed by atoms with Crippen molar-refractivity contribution in [3.8, 4) is 16.9 Å². The van der Waals surface area contributed by atoms with Gasteiger partial charge in [-0.3, -0.25) is 29.8 Å². The number of rotatable bonds is 2. The highest BCUT2D eigenvalue weighted by molar-refractivity contribution is 6.53. The number of carbonyl (C=O) groups excluding carboxylic acids is 2. The van der Waals surface area contributed by atoms with Gasteiger partial charge in [-0.25, -0.2) is 0 Å². The van der Waals surface area contributed by atoms with E-state index < -0.39 is 44.1 Å². The average Bonchev–Trinajstić information content (AvgIpc) is 2.51.